The number of carbonyl (C=O) groups excluding carboxylic acids is 1. The molecule has 0 aromatic carbocycles. The van der Waals surface area contributed by atoms with Crippen molar-refractivity contribution in [3.05, 3.63) is 17.0 Å². The zero-order chi connectivity index (χ0) is 15.6. The average Bonchev–Trinajstić information content (AvgIpc) is 2.98. The van der Waals surface area contributed by atoms with E-state index in [1.54, 1.807) is 0 Å². The molecule has 2 heterocycles. The molecule has 22 heavy (non-hydrogen) atoms. The lowest BCUT2D eigenvalue weighted by Crippen LogP contribution is -2.40. The highest BCUT2D eigenvalue weighted by Crippen LogP contribution is 2.37. The summed E-state index contributed by atoms with van der Waals surface area (Å²) >= 11 is 0. The Morgan fingerprint density at radius 2 is 2.09 bits per heavy atom. The number of fused-ring (bicyclic) bond motifs is 1. The number of aromatic amines is 1. The molecule has 2 aliphatic rings. The van der Waals surface area contributed by atoms with Crippen molar-refractivity contribution in [1.29, 1.82) is 0 Å². The van der Waals surface area contributed by atoms with Crippen LogP contribution in [0.25, 0.3) is 0 Å². The normalized spacial score (nSPS) is 19.7. The van der Waals surface area contributed by atoms with Gasteiger partial charge in [0.05, 0.1) is 0 Å². The molecule has 5 heteroatoms. The van der Waals surface area contributed by atoms with Gasteiger partial charge in [0.15, 0.2) is 5.69 Å². The first-order chi connectivity index (χ1) is 10.6. The second kappa shape index (κ2) is 6.41. The van der Waals surface area contributed by atoms with E-state index < -0.39 is 0 Å². The van der Waals surface area contributed by atoms with Crippen molar-refractivity contribution < 1.29 is 4.79 Å². The number of nitrogens with zero attached hydrogens (tertiary/aromatic N) is 1. The molecule has 0 bridgehead atoms. The van der Waals surface area contributed by atoms with Gasteiger partial charge in [0.2, 0.25) is 0 Å². The number of carbonyl (C=O) groups is 1. The number of rotatable bonds is 4. The molecular formula is C17H28N4O. The number of aromatic nitrogens is 2. The third-order valence-electron chi connectivity index (χ3n) is 5.44. The van der Waals surface area contributed by atoms with Crippen LogP contribution in [-0.4, -0.2) is 29.2 Å². The fourth-order valence-corrected chi connectivity index (χ4v) is 3.83. The van der Waals surface area contributed by atoms with Gasteiger partial charge in [0.1, 0.15) is 0 Å². The van der Waals surface area contributed by atoms with Gasteiger partial charge in [-0.3, -0.25) is 9.89 Å². The SMILES string of the molecule is CC(C)(CNC(=O)c1n[nH]c2c1CNCC2)C1CCCCC1. The van der Waals surface area contributed by atoms with Gasteiger partial charge in [0, 0.05) is 37.3 Å². The van der Waals surface area contributed by atoms with Gasteiger partial charge in [-0.2, -0.15) is 5.10 Å². The molecule has 0 saturated heterocycles. The van der Waals surface area contributed by atoms with Gasteiger partial charge >= 0.3 is 0 Å². The van der Waals surface area contributed by atoms with Crippen LogP contribution >= 0.6 is 0 Å². The van der Waals surface area contributed by atoms with Crippen LogP contribution in [0.2, 0.25) is 0 Å². The summed E-state index contributed by atoms with van der Waals surface area (Å²) < 4.78 is 0. The molecule has 0 unspecified atom stereocenters. The van der Waals surface area contributed by atoms with Crippen LogP contribution in [0.15, 0.2) is 0 Å². The van der Waals surface area contributed by atoms with Crippen LogP contribution in [-0.2, 0) is 13.0 Å². The van der Waals surface area contributed by atoms with Gasteiger partial charge in [-0.1, -0.05) is 33.1 Å². The highest BCUT2D eigenvalue weighted by Gasteiger charge is 2.31. The highest BCUT2D eigenvalue weighted by molar-refractivity contribution is 5.94. The zero-order valence-electron chi connectivity index (χ0n) is 13.8. The molecule has 1 saturated carbocycles. The van der Waals surface area contributed by atoms with Crippen LogP contribution in [0, 0.1) is 11.3 Å². The lowest BCUT2D eigenvalue weighted by Gasteiger charge is -2.37. The maximum Gasteiger partial charge on any atom is 0.272 e. The van der Waals surface area contributed by atoms with E-state index in [9.17, 15) is 4.79 Å². The number of nitrogens with one attached hydrogen (secondary N) is 3. The molecule has 5 nitrogen and oxygen atoms in total. The Labute approximate surface area is 132 Å². The average molecular weight is 304 g/mol. The Morgan fingerprint density at radius 3 is 2.86 bits per heavy atom. The summed E-state index contributed by atoms with van der Waals surface area (Å²) in [5, 5.41) is 13.7. The predicted octanol–water partition coefficient (Wildman–Crippen LogP) is 2.39. The number of hydrogen-bond acceptors (Lipinski definition) is 3. The monoisotopic (exact) mass is 304 g/mol. The summed E-state index contributed by atoms with van der Waals surface area (Å²) in [6.45, 7) is 6.98. The summed E-state index contributed by atoms with van der Waals surface area (Å²) in [6.07, 6.45) is 7.55. The van der Waals surface area contributed by atoms with E-state index in [0.717, 1.165) is 43.2 Å². The molecule has 1 aliphatic heterocycles. The van der Waals surface area contributed by atoms with E-state index in [4.69, 9.17) is 0 Å². The number of amides is 1. The van der Waals surface area contributed by atoms with E-state index in [1.807, 2.05) is 0 Å². The molecule has 3 rings (SSSR count). The van der Waals surface area contributed by atoms with Gasteiger partial charge in [-0.05, 0) is 24.2 Å². The van der Waals surface area contributed by atoms with E-state index in [2.05, 4.69) is 34.7 Å². The fourth-order valence-electron chi connectivity index (χ4n) is 3.83. The van der Waals surface area contributed by atoms with Gasteiger partial charge in [-0.25, -0.2) is 0 Å². The molecule has 0 spiro atoms. The van der Waals surface area contributed by atoms with Crippen molar-refractivity contribution >= 4 is 5.91 Å². The molecule has 0 atom stereocenters. The van der Waals surface area contributed by atoms with E-state index in [-0.39, 0.29) is 11.3 Å². The third kappa shape index (κ3) is 3.19. The molecule has 1 aliphatic carbocycles. The molecule has 1 aromatic rings. The summed E-state index contributed by atoms with van der Waals surface area (Å²) in [7, 11) is 0. The molecular weight excluding hydrogens is 276 g/mol. The fraction of sp³-hybridized carbons (Fsp3) is 0.765. The smallest absolute Gasteiger partial charge is 0.272 e. The first kappa shape index (κ1) is 15.5. The second-order valence-corrected chi connectivity index (χ2v) is 7.46. The van der Waals surface area contributed by atoms with Crippen molar-refractivity contribution in [3.63, 3.8) is 0 Å². The molecule has 1 fully saturated rings. The Hall–Kier alpha value is -1.36. The highest BCUT2D eigenvalue weighted by atomic mass is 16.1. The van der Waals surface area contributed by atoms with Crippen molar-refractivity contribution in [1.82, 2.24) is 20.8 Å². The minimum atomic E-state index is -0.0370. The summed E-state index contributed by atoms with van der Waals surface area (Å²) in [4.78, 5) is 12.5. The van der Waals surface area contributed by atoms with E-state index in [0.29, 0.717) is 5.69 Å². The summed E-state index contributed by atoms with van der Waals surface area (Å²) in [5.41, 5.74) is 2.88. The minimum Gasteiger partial charge on any atom is -0.350 e. The number of H-pyrrole nitrogens is 1. The third-order valence-corrected chi connectivity index (χ3v) is 5.44. The summed E-state index contributed by atoms with van der Waals surface area (Å²) in [5.74, 6) is 0.682. The zero-order valence-corrected chi connectivity index (χ0v) is 13.8. The topological polar surface area (TPSA) is 69.8 Å². The molecule has 1 aromatic heterocycles. The van der Waals surface area contributed by atoms with Gasteiger partial charge in [0.25, 0.3) is 5.91 Å². The van der Waals surface area contributed by atoms with Crippen molar-refractivity contribution in [2.24, 2.45) is 11.3 Å². The summed E-state index contributed by atoms with van der Waals surface area (Å²) in [6, 6.07) is 0. The largest absolute Gasteiger partial charge is 0.350 e. The van der Waals surface area contributed by atoms with E-state index >= 15 is 0 Å². The first-order valence-electron chi connectivity index (χ1n) is 8.63. The van der Waals surface area contributed by atoms with Gasteiger partial charge in [-0.15, -0.1) is 0 Å². The quantitative estimate of drug-likeness (QED) is 0.800. The lowest BCUT2D eigenvalue weighted by atomic mass is 9.71. The molecule has 122 valence electrons. The molecule has 1 amide bonds. The Balaban J connectivity index is 1.61. The minimum absolute atomic E-state index is 0.0370. The first-order valence-corrected chi connectivity index (χ1v) is 8.63. The Morgan fingerprint density at radius 1 is 1.32 bits per heavy atom. The number of hydrogen-bond donors (Lipinski definition) is 3. The maximum absolute atomic E-state index is 12.5. The molecule has 3 N–H and O–H groups in total. The predicted molar refractivity (Wildman–Crippen MR) is 86.7 cm³/mol. The standard InChI is InChI=1S/C17H28N4O/c1-17(2,12-6-4-3-5-7-12)11-19-16(22)15-13-10-18-9-8-14(13)20-21-15/h12,18H,3-11H2,1-2H3,(H,19,22)(H,20,21). The van der Waals surface area contributed by atoms with E-state index in [1.165, 1.54) is 32.1 Å². The molecule has 0 radical (unpaired) electrons. The second-order valence-electron chi connectivity index (χ2n) is 7.46. The Bertz CT molecular complexity index is 529. The van der Waals surface area contributed by atoms with Crippen LogP contribution < -0.4 is 10.6 Å². The van der Waals surface area contributed by atoms with Gasteiger partial charge < -0.3 is 10.6 Å². The lowest BCUT2D eigenvalue weighted by molar-refractivity contribution is 0.0893. The Kier molecular flexibility index (Phi) is 4.52. The van der Waals surface area contributed by atoms with Crippen LogP contribution in [0.4, 0.5) is 0 Å². The van der Waals surface area contributed by atoms with Crippen LogP contribution in [0.5, 0.6) is 0 Å². The van der Waals surface area contributed by atoms with Crippen molar-refractivity contribution in [3.8, 4) is 0 Å². The van der Waals surface area contributed by atoms with Crippen LogP contribution in [0.3, 0.4) is 0 Å². The van der Waals surface area contributed by atoms with Crippen LogP contribution in [0.1, 0.15) is 67.7 Å². The van der Waals surface area contributed by atoms with Crippen molar-refractivity contribution in [2.45, 2.75) is 58.9 Å². The van der Waals surface area contributed by atoms with Crippen molar-refractivity contribution in [2.75, 3.05) is 13.1 Å². The maximum atomic E-state index is 12.5.